The van der Waals surface area contributed by atoms with Crippen molar-refractivity contribution in [2.45, 2.75) is 18.7 Å². The summed E-state index contributed by atoms with van der Waals surface area (Å²) in [4.78, 5) is 0.247. The molecule has 1 N–H and O–H groups in total. The van der Waals surface area contributed by atoms with Crippen LogP contribution in [0.3, 0.4) is 0 Å². The zero-order valence-corrected chi connectivity index (χ0v) is 14.4. The number of hydrogen-bond donors (Lipinski definition) is 1. The van der Waals surface area contributed by atoms with E-state index in [-0.39, 0.29) is 4.90 Å². The fourth-order valence-corrected chi connectivity index (χ4v) is 3.92. The van der Waals surface area contributed by atoms with Crippen LogP contribution >= 0.6 is 15.9 Å². The Bertz CT molecular complexity index is 772. The molecule has 0 atom stereocenters. The average molecular weight is 370 g/mol. The van der Waals surface area contributed by atoms with Gasteiger partial charge in [-0.2, -0.15) is 0 Å². The van der Waals surface area contributed by atoms with Gasteiger partial charge >= 0.3 is 0 Å². The summed E-state index contributed by atoms with van der Waals surface area (Å²) in [5, 5.41) is 0. The molecule has 0 heterocycles. The lowest BCUT2D eigenvalue weighted by atomic mass is 10.1. The molecule has 0 saturated heterocycles. The van der Waals surface area contributed by atoms with Gasteiger partial charge in [0.1, 0.15) is 5.75 Å². The van der Waals surface area contributed by atoms with Gasteiger partial charge in [0.2, 0.25) is 0 Å². The summed E-state index contributed by atoms with van der Waals surface area (Å²) in [6.45, 7) is 3.61. The predicted octanol–water partition coefficient (Wildman–Crippen LogP) is 3.88. The number of rotatable bonds is 4. The standard InChI is InChI=1S/C15H16BrNO3S/c1-10-11(2)15(9-8-14(10)20-3)21(18,19)17-13-7-5-4-6-12(13)16/h4-9,17H,1-3H3. The zero-order chi connectivity index (χ0) is 15.6. The van der Waals surface area contributed by atoms with Gasteiger partial charge < -0.3 is 4.74 Å². The Labute approximate surface area is 133 Å². The molecule has 0 fully saturated rings. The first-order valence-corrected chi connectivity index (χ1v) is 8.56. The minimum absolute atomic E-state index is 0.247. The van der Waals surface area contributed by atoms with Crippen LogP contribution in [0.1, 0.15) is 11.1 Å². The molecule has 112 valence electrons. The highest BCUT2D eigenvalue weighted by molar-refractivity contribution is 9.10. The maximum absolute atomic E-state index is 12.6. The molecule has 0 bridgehead atoms. The van der Waals surface area contributed by atoms with Crippen molar-refractivity contribution in [1.29, 1.82) is 0 Å². The SMILES string of the molecule is COc1ccc(S(=O)(=O)Nc2ccccc2Br)c(C)c1C. The number of methoxy groups -OCH3 is 1. The number of nitrogens with one attached hydrogen (secondary N) is 1. The van der Waals surface area contributed by atoms with E-state index in [0.29, 0.717) is 21.5 Å². The maximum atomic E-state index is 12.6. The van der Waals surface area contributed by atoms with Gasteiger partial charge in [0, 0.05) is 4.47 Å². The first kappa shape index (κ1) is 15.9. The Hall–Kier alpha value is -1.53. The van der Waals surface area contributed by atoms with Crippen LogP contribution in [-0.2, 0) is 10.0 Å². The summed E-state index contributed by atoms with van der Waals surface area (Å²) in [6.07, 6.45) is 0. The lowest BCUT2D eigenvalue weighted by Gasteiger charge is -2.14. The van der Waals surface area contributed by atoms with Crippen molar-refractivity contribution < 1.29 is 13.2 Å². The smallest absolute Gasteiger partial charge is 0.262 e. The van der Waals surface area contributed by atoms with Crippen molar-refractivity contribution in [3.05, 3.63) is 52.0 Å². The van der Waals surface area contributed by atoms with Crippen LogP contribution < -0.4 is 9.46 Å². The molecule has 2 aromatic carbocycles. The number of para-hydroxylation sites is 1. The molecular formula is C15H16BrNO3S. The molecule has 0 unspecified atom stereocenters. The van der Waals surface area contributed by atoms with Crippen LogP contribution in [-0.4, -0.2) is 15.5 Å². The summed E-state index contributed by atoms with van der Waals surface area (Å²) in [7, 11) is -2.08. The van der Waals surface area contributed by atoms with Gasteiger partial charge in [0.25, 0.3) is 10.0 Å². The minimum atomic E-state index is -3.65. The van der Waals surface area contributed by atoms with E-state index >= 15 is 0 Å². The molecule has 2 aromatic rings. The molecule has 0 aliphatic rings. The summed E-state index contributed by atoms with van der Waals surface area (Å²) in [6, 6.07) is 10.3. The van der Waals surface area contributed by atoms with Crippen LogP contribution in [0.5, 0.6) is 5.75 Å². The molecule has 21 heavy (non-hydrogen) atoms. The molecule has 0 aromatic heterocycles. The highest BCUT2D eigenvalue weighted by Gasteiger charge is 2.20. The first-order valence-electron chi connectivity index (χ1n) is 6.28. The Morgan fingerprint density at radius 2 is 1.71 bits per heavy atom. The lowest BCUT2D eigenvalue weighted by molar-refractivity contribution is 0.411. The second-order valence-electron chi connectivity index (χ2n) is 4.60. The third-order valence-corrected chi connectivity index (χ3v) is 5.52. The van der Waals surface area contributed by atoms with E-state index < -0.39 is 10.0 Å². The van der Waals surface area contributed by atoms with E-state index in [1.807, 2.05) is 13.0 Å². The molecular weight excluding hydrogens is 354 g/mol. The van der Waals surface area contributed by atoms with E-state index in [0.717, 1.165) is 5.56 Å². The number of hydrogen-bond acceptors (Lipinski definition) is 3. The molecule has 0 radical (unpaired) electrons. The van der Waals surface area contributed by atoms with E-state index in [4.69, 9.17) is 4.74 Å². The van der Waals surface area contributed by atoms with Crippen molar-refractivity contribution in [2.75, 3.05) is 11.8 Å². The Morgan fingerprint density at radius 1 is 1.05 bits per heavy atom. The van der Waals surface area contributed by atoms with Crippen molar-refractivity contribution >= 4 is 31.6 Å². The second-order valence-corrected chi connectivity index (χ2v) is 7.11. The van der Waals surface area contributed by atoms with E-state index in [1.165, 1.54) is 0 Å². The fourth-order valence-electron chi connectivity index (χ4n) is 2.03. The maximum Gasteiger partial charge on any atom is 0.262 e. The second kappa shape index (κ2) is 6.07. The average Bonchev–Trinajstić information content (AvgIpc) is 2.44. The normalized spacial score (nSPS) is 11.2. The molecule has 4 nitrogen and oxygen atoms in total. The zero-order valence-electron chi connectivity index (χ0n) is 12.0. The van der Waals surface area contributed by atoms with Crippen LogP contribution in [0.15, 0.2) is 45.8 Å². The van der Waals surface area contributed by atoms with Crippen molar-refractivity contribution in [3.8, 4) is 5.75 Å². The number of sulfonamides is 1. The van der Waals surface area contributed by atoms with Crippen LogP contribution in [0.4, 0.5) is 5.69 Å². The Kier molecular flexibility index (Phi) is 4.58. The van der Waals surface area contributed by atoms with E-state index in [1.54, 1.807) is 44.4 Å². The van der Waals surface area contributed by atoms with Crippen molar-refractivity contribution in [3.63, 3.8) is 0 Å². The van der Waals surface area contributed by atoms with Gasteiger partial charge in [-0.25, -0.2) is 8.42 Å². The van der Waals surface area contributed by atoms with E-state index in [9.17, 15) is 8.42 Å². The summed E-state index contributed by atoms with van der Waals surface area (Å²) in [5.74, 6) is 0.673. The molecule has 0 amide bonds. The number of halogens is 1. The predicted molar refractivity (Wildman–Crippen MR) is 87.4 cm³/mol. The highest BCUT2D eigenvalue weighted by atomic mass is 79.9. The Balaban J connectivity index is 2.46. The molecule has 0 aliphatic carbocycles. The van der Waals surface area contributed by atoms with Gasteiger partial charge in [-0.15, -0.1) is 0 Å². The molecule has 0 saturated carbocycles. The molecule has 0 aliphatic heterocycles. The van der Waals surface area contributed by atoms with Crippen molar-refractivity contribution in [2.24, 2.45) is 0 Å². The Morgan fingerprint density at radius 3 is 2.33 bits per heavy atom. The monoisotopic (exact) mass is 369 g/mol. The third-order valence-electron chi connectivity index (χ3n) is 3.32. The topological polar surface area (TPSA) is 55.4 Å². The summed E-state index contributed by atoms with van der Waals surface area (Å²) in [5.41, 5.74) is 1.99. The minimum Gasteiger partial charge on any atom is -0.496 e. The van der Waals surface area contributed by atoms with E-state index in [2.05, 4.69) is 20.7 Å². The van der Waals surface area contributed by atoms with Crippen LogP contribution in [0.25, 0.3) is 0 Å². The highest BCUT2D eigenvalue weighted by Crippen LogP contribution is 2.29. The van der Waals surface area contributed by atoms with Crippen molar-refractivity contribution in [1.82, 2.24) is 0 Å². The summed E-state index contributed by atoms with van der Waals surface area (Å²) < 4.78 is 33.6. The first-order chi connectivity index (χ1) is 9.86. The number of ether oxygens (including phenoxy) is 1. The van der Waals surface area contributed by atoms with Gasteiger partial charge in [0.15, 0.2) is 0 Å². The van der Waals surface area contributed by atoms with Gasteiger partial charge in [-0.3, -0.25) is 4.72 Å². The van der Waals surface area contributed by atoms with Gasteiger partial charge in [0.05, 0.1) is 17.7 Å². The van der Waals surface area contributed by atoms with Gasteiger partial charge in [-0.1, -0.05) is 12.1 Å². The number of benzene rings is 2. The van der Waals surface area contributed by atoms with Crippen LogP contribution in [0.2, 0.25) is 0 Å². The number of anilines is 1. The molecule has 0 spiro atoms. The van der Waals surface area contributed by atoms with Crippen LogP contribution in [0, 0.1) is 13.8 Å². The fraction of sp³-hybridized carbons (Fsp3) is 0.200. The largest absolute Gasteiger partial charge is 0.496 e. The quantitative estimate of drug-likeness (QED) is 0.889. The molecule has 2 rings (SSSR count). The summed E-state index contributed by atoms with van der Waals surface area (Å²) >= 11 is 3.33. The third kappa shape index (κ3) is 3.22. The lowest BCUT2D eigenvalue weighted by Crippen LogP contribution is -2.15. The van der Waals surface area contributed by atoms with Gasteiger partial charge in [-0.05, 0) is 65.2 Å². The molecule has 6 heteroatoms.